The molecule has 0 unspecified atom stereocenters. The molecule has 0 N–H and O–H groups in total. The van der Waals surface area contributed by atoms with Crippen LogP contribution in [0.3, 0.4) is 0 Å². The van der Waals surface area contributed by atoms with Crippen molar-refractivity contribution in [1.82, 2.24) is 0 Å². The third-order valence-electron chi connectivity index (χ3n) is 2.78. The maximum absolute atomic E-state index is 10.9. The average Bonchev–Trinajstić information content (AvgIpc) is 2.55. The molecule has 5 heteroatoms. The molecule has 2 rings (SSSR count). The highest BCUT2D eigenvalue weighted by atomic mass is 16.6. The highest BCUT2D eigenvalue weighted by molar-refractivity contribution is 5.90. The molecule has 16 heavy (non-hydrogen) atoms. The van der Waals surface area contributed by atoms with Crippen LogP contribution in [0.15, 0.2) is 35.4 Å². The van der Waals surface area contributed by atoms with Crippen LogP contribution in [0.1, 0.15) is 13.8 Å². The molecule has 0 amide bonds. The lowest BCUT2D eigenvalue weighted by Crippen LogP contribution is -2.39. The van der Waals surface area contributed by atoms with E-state index >= 15 is 0 Å². The second kappa shape index (κ2) is 3.92. The van der Waals surface area contributed by atoms with Crippen molar-refractivity contribution in [2.45, 2.75) is 25.9 Å². The predicted octanol–water partition coefficient (Wildman–Crippen LogP) is 1.92. The van der Waals surface area contributed by atoms with Gasteiger partial charge in [0.25, 0.3) is 6.04 Å². The Morgan fingerprint density at radius 1 is 1.38 bits per heavy atom. The van der Waals surface area contributed by atoms with Crippen LogP contribution >= 0.6 is 0 Å². The van der Waals surface area contributed by atoms with Crippen molar-refractivity contribution in [3.05, 3.63) is 40.4 Å². The molecule has 1 aromatic carbocycles. The third kappa shape index (κ3) is 1.64. The summed E-state index contributed by atoms with van der Waals surface area (Å²) >= 11 is 0. The number of hydrogen-bond donors (Lipinski definition) is 0. The van der Waals surface area contributed by atoms with Gasteiger partial charge in [0, 0.05) is 4.92 Å². The quantitative estimate of drug-likeness (QED) is 0.564. The van der Waals surface area contributed by atoms with Gasteiger partial charge in [-0.2, -0.15) is 5.10 Å². The van der Waals surface area contributed by atoms with Gasteiger partial charge in [-0.25, -0.2) is 0 Å². The van der Waals surface area contributed by atoms with E-state index in [2.05, 4.69) is 5.10 Å². The number of para-hydroxylation sites is 1. The predicted molar refractivity (Wildman–Crippen MR) is 62.3 cm³/mol. The molecule has 1 aliphatic heterocycles. The summed E-state index contributed by atoms with van der Waals surface area (Å²) in [6.07, 6.45) is 0. The molecule has 1 aromatic rings. The fraction of sp³-hybridized carbons (Fsp3) is 0.364. The molecular weight excluding hydrogens is 206 g/mol. The Hall–Kier alpha value is -1.91. The minimum Gasteiger partial charge on any atom is -0.264 e. The molecule has 5 nitrogen and oxygen atoms in total. The van der Waals surface area contributed by atoms with Crippen LogP contribution in [0, 0.1) is 10.1 Å². The molecule has 1 aliphatic rings. The maximum atomic E-state index is 10.9. The summed E-state index contributed by atoms with van der Waals surface area (Å²) in [5.74, 6) is 0. The highest BCUT2D eigenvalue weighted by Gasteiger charge is 2.41. The van der Waals surface area contributed by atoms with E-state index in [1.54, 1.807) is 11.9 Å². The lowest BCUT2D eigenvalue weighted by atomic mass is 10.1. The molecule has 2 atom stereocenters. The fourth-order valence-electron chi connectivity index (χ4n) is 2.01. The number of anilines is 1. The molecule has 0 bridgehead atoms. The summed E-state index contributed by atoms with van der Waals surface area (Å²) < 4.78 is 0. The molecule has 0 spiro atoms. The van der Waals surface area contributed by atoms with Gasteiger partial charge in [-0.15, -0.1) is 0 Å². The minimum absolute atomic E-state index is 0.239. The van der Waals surface area contributed by atoms with Gasteiger partial charge in [-0.3, -0.25) is 15.1 Å². The normalized spacial score (nSPS) is 24.4. The monoisotopic (exact) mass is 219 g/mol. The van der Waals surface area contributed by atoms with Crippen molar-refractivity contribution in [1.29, 1.82) is 0 Å². The Kier molecular flexibility index (Phi) is 2.60. The Morgan fingerprint density at radius 2 is 2.00 bits per heavy atom. The van der Waals surface area contributed by atoms with E-state index in [4.69, 9.17) is 0 Å². The van der Waals surface area contributed by atoms with Crippen LogP contribution in [0.25, 0.3) is 0 Å². The molecule has 0 saturated heterocycles. The number of nitrogens with zero attached hydrogens (tertiary/aromatic N) is 3. The number of hydrogen-bond acceptors (Lipinski definition) is 4. The van der Waals surface area contributed by atoms with E-state index in [1.807, 2.05) is 37.3 Å². The van der Waals surface area contributed by atoms with Crippen molar-refractivity contribution in [3.8, 4) is 0 Å². The van der Waals surface area contributed by atoms with Crippen molar-refractivity contribution in [2.24, 2.45) is 5.10 Å². The fourth-order valence-corrected chi connectivity index (χ4v) is 2.01. The van der Waals surface area contributed by atoms with Crippen molar-refractivity contribution >= 4 is 11.4 Å². The minimum atomic E-state index is -0.708. The summed E-state index contributed by atoms with van der Waals surface area (Å²) in [5.41, 5.74) is 1.44. The Morgan fingerprint density at radius 3 is 2.50 bits per heavy atom. The van der Waals surface area contributed by atoms with Gasteiger partial charge in [0.15, 0.2) is 0 Å². The van der Waals surface area contributed by atoms with Gasteiger partial charge < -0.3 is 0 Å². The first-order valence-electron chi connectivity index (χ1n) is 5.14. The van der Waals surface area contributed by atoms with Gasteiger partial charge in [-0.1, -0.05) is 18.2 Å². The molecule has 0 aromatic heterocycles. The van der Waals surface area contributed by atoms with Gasteiger partial charge >= 0.3 is 0 Å². The first-order chi connectivity index (χ1) is 7.61. The topological polar surface area (TPSA) is 58.7 Å². The summed E-state index contributed by atoms with van der Waals surface area (Å²) in [7, 11) is 0. The highest BCUT2D eigenvalue weighted by Crippen LogP contribution is 2.25. The van der Waals surface area contributed by atoms with E-state index in [-0.39, 0.29) is 11.0 Å². The van der Waals surface area contributed by atoms with E-state index in [1.165, 1.54) is 0 Å². The number of nitro groups is 1. The van der Waals surface area contributed by atoms with E-state index < -0.39 is 6.04 Å². The smallest absolute Gasteiger partial charge is 0.264 e. The number of hydrazone groups is 1. The summed E-state index contributed by atoms with van der Waals surface area (Å²) in [6.45, 7) is 3.52. The largest absolute Gasteiger partial charge is 0.274 e. The molecule has 0 aliphatic carbocycles. The molecule has 0 saturated carbocycles. The SMILES string of the molecule is CC1=NN(c2ccccc2)[C@H](C)[C@@H]1[N+](=O)[O-]. The zero-order chi connectivity index (χ0) is 11.7. The molecule has 0 fully saturated rings. The van der Waals surface area contributed by atoms with Crippen molar-refractivity contribution < 1.29 is 4.92 Å². The second-order valence-corrected chi connectivity index (χ2v) is 3.89. The zero-order valence-corrected chi connectivity index (χ0v) is 9.20. The Labute approximate surface area is 93.5 Å². The molecule has 1 heterocycles. The van der Waals surface area contributed by atoms with Crippen molar-refractivity contribution in [2.75, 3.05) is 5.01 Å². The van der Waals surface area contributed by atoms with Crippen LogP contribution in [0.4, 0.5) is 5.69 Å². The third-order valence-corrected chi connectivity index (χ3v) is 2.78. The van der Waals surface area contributed by atoms with Gasteiger partial charge in [-0.05, 0) is 26.0 Å². The average molecular weight is 219 g/mol. The van der Waals surface area contributed by atoms with Crippen LogP contribution < -0.4 is 5.01 Å². The Bertz CT molecular complexity index is 430. The van der Waals surface area contributed by atoms with E-state index in [0.29, 0.717) is 5.71 Å². The van der Waals surface area contributed by atoms with E-state index in [0.717, 1.165) is 5.69 Å². The molecule has 0 radical (unpaired) electrons. The van der Waals surface area contributed by atoms with Crippen LogP contribution in [0.2, 0.25) is 0 Å². The van der Waals surface area contributed by atoms with Gasteiger partial charge in [0.1, 0.15) is 11.8 Å². The zero-order valence-electron chi connectivity index (χ0n) is 9.20. The van der Waals surface area contributed by atoms with Gasteiger partial charge in [0.05, 0.1) is 5.69 Å². The lowest BCUT2D eigenvalue weighted by Gasteiger charge is -2.20. The number of benzene rings is 1. The van der Waals surface area contributed by atoms with E-state index in [9.17, 15) is 10.1 Å². The van der Waals surface area contributed by atoms with Crippen LogP contribution in [0.5, 0.6) is 0 Å². The van der Waals surface area contributed by atoms with Gasteiger partial charge in [0.2, 0.25) is 0 Å². The van der Waals surface area contributed by atoms with Crippen LogP contribution in [-0.4, -0.2) is 22.7 Å². The Balaban J connectivity index is 2.31. The maximum Gasteiger partial charge on any atom is 0.274 e. The second-order valence-electron chi connectivity index (χ2n) is 3.89. The first-order valence-corrected chi connectivity index (χ1v) is 5.14. The summed E-state index contributed by atoms with van der Waals surface area (Å²) in [6, 6.07) is 8.55. The lowest BCUT2D eigenvalue weighted by molar-refractivity contribution is -0.503. The summed E-state index contributed by atoms with van der Waals surface area (Å²) in [4.78, 5) is 10.6. The molecular formula is C11H13N3O2. The standard InChI is InChI=1S/C11H13N3O2/c1-8-11(14(15)16)9(2)13(12-8)10-6-4-3-5-7-10/h3-7,9,11H,1-2H3/t9-,11-/m1/s1. The van der Waals surface area contributed by atoms with Crippen LogP contribution in [-0.2, 0) is 0 Å². The molecule has 84 valence electrons. The van der Waals surface area contributed by atoms with Crippen molar-refractivity contribution in [3.63, 3.8) is 0 Å². The number of rotatable bonds is 2. The first kappa shape index (κ1) is 10.6. The summed E-state index contributed by atoms with van der Waals surface area (Å²) in [5, 5.41) is 16.9.